The van der Waals surface area contributed by atoms with Crippen LogP contribution in [0, 0.1) is 5.82 Å². The van der Waals surface area contributed by atoms with Gasteiger partial charge in [-0.05, 0) is 43.3 Å². The fourth-order valence-corrected chi connectivity index (χ4v) is 3.27. The van der Waals surface area contributed by atoms with Crippen LogP contribution in [0.25, 0.3) is 16.6 Å². The molecular weight excluding hydrogens is 367 g/mol. The number of rotatable bonds is 4. The first-order chi connectivity index (χ1) is 13.0. The monoisotopic (exact) mass is 382 g/mol. The number of nitrogens with zero attached hydrogens (tertiary/aromatic N) is 2. The lowest BCUT2D eigenvalue weighted by molar-refractivity contribution is 0.629. The molecule has 0 aliphatic heterocycles. The molecule has 0 saturated carbocycles. The molecule has 0 saturated heterocycles. The van der Waals surface area contributed by atoms with Crippen molar-refractivity contribution in [1.82, 2.24) is 14.5 Å². The molecule has 0 fully saturated rings. The zero-order chi connectivity index (χ0) is 19.0. The van der Waals surface area contributed by atoms with Crippen LogP contribution in [0.2, 0.25) is 5.02 Å². The van der Waals surface area contributed by atoms with Gasteiger partial charge in [0.2, 0.25) is 0 Å². The topological polar surface area (TPSA) is 62.7 Å². The fraction of sp³-hybridized carbons (Fsp3) is 0.100. The van der Waals surface area contributed by atoms with Crippen molar-refractivity contribution in [2.24, 2.45) is 0 Å². The number of pyridine rings is 1. The smallest absolute Gasteiger partial charge is 0.253 e. The predicted molar refractivity (Wildman–Crippen MR) is 105 cm³/mol. The number of anilines is 1. The molecule has 0 spiro atoms. The van der Waals surface area contributed by atoms with E-state index in [-0.39, 0.29) is 16.6 Å². The molecule has 2 aromatic heterocycles. The molecule has 5 nitrogen and oxygen atoms in total. The Balaban J connectivity index is 1.66. The van der Waals surface area contributed by atoms with Crippen LogP contribution in [-0.4, -0.2) is 14.5 Å². The SMILES string of the molecule is C[C@H](Nc1cccc(-n2ccnc2)c1)c1cc2ccc(F)c(Cl)c2[nH]c1=O. The summed E-state index contributed by atoms with van der Waals surface area (Å²) in [6.07, 6.45) is 5.30. The summed E-state index contributed by atoms with van der Waals surface area (Å²) in [6.45, 7) is 1.89. The molecule has 2 heterocycles. The Morgan fingerprint density at radius 1 is 1.26 bits per heavy atom. The summed E-state index contributed by atoms with van der Waals surface area (Å²) in [4.78, 5) is 19.2. The largest absolute Gasteiger partial charge is 0.378 e. The zero-order valence-corrected chi connectivity index (χ0v) is 15.2. The van der Waals surface area contributed by atoms with Gasteiger partial charge >= 0.3 is 0 Å². The van der Waals surface area contributed by atoms with E-state index in [0.29, 0.717) is 16.5 Å². The lowest BCUT2D eigenvalue weighted by Crippen LogP contribution is -2.19. The summed E-state index contributed by atoms with van der Waals surface area (Å²) in [5.41, 5.74) is 2.36. The van der Waals surface area contributed by atoms with Crippen LogP contribution >= 0.6 is 11.6 Å². The van der Waals surface area contributed by atoms with Crippen LogP contribution in [0.5, 0.6) is 0 Å². The number of aromatic amines is 1. The minimum atomic E-state index is -0.560. The Morgan fingerprint density at radius 2 is 2.11 bits per heavy atom. The molecule has 1 atom stereocenters. The van der Waals surface area contributed by atoms with Gasteiger partial charge in [0.15, 0.2) is 0 Å². The van der Waals surface area contributed by atoms with Gasteiger partial charge in [-0.15, -0.1) is 0 Å². The summed E-state index contributed by atoms with van der Waals surface area (Å²) in [5.74, 6) is -0.560. The Kier molecular flexibility index (Phi) is 4.41. The number of aromatic nitrogens is 3. The van der Waals surface area contributed by atoms with E-state index in [1.807, 2.05) is 42.0 Å². The number of benzene rings is 2. The molecule has 0 aliphatic rings. The van der Waals surface area contributed by atoms with Gasteiger partial charge in [0.05, 0.1) is 17.9 Å². The average Bonchev–Trinajstić information content (AvgIpc) is 3.20. The third kappa shape index (κ3) is 3.31. The Hall–Kier alpha value is -3.12. The van der Waals surface area contributed by atoms with Crippen LogP contribution in [0.1, 0.15) is 18.5 Å². The highest BCUT2D eigenvalue weighted by atomic mass is 35.5. The first kappa shape index (κ1) is 17.3. The first-order valence-corrected chi connectivity index (χ1v) is 8.76. The Labute approximate surface area is 159 Å². The second-order valence-corrected chi connectivity index (χ2v) is 6.64. The van der Waals surface area contributed by atoms with Gasteiger partial charge in [0.25, 0.3) is 5.56 Å². The molecule has 27 heavy (non-hydrogen) atoms. The maximum absolute atomic E-state index is 13.6. The van der Waals surface area contributed by atoms with E-state index < -0.39 is 5.82 Å². The Morgan fingerprint density at radius 3 is 2.89 bits per heavy atom. The number of fused-ring (bicyclic) bond motifs is 1. The number of hydrogen-bond acceptors (Lipinski definition) is 3. The summed E-state index contributed by atoms with van der Waals surface area (Å²) in [7, 11) is 0. The molecule has 136 valence electrons. The summed E-state index contributed by atoms with van der Waals surface area (Å²) in [6, 6.07) is 12.2. The van der Waals surface area contributed by atoms with E-state index >= 15 is 0 Å². The van der Waals surface area contributed by atoms with Crippen LogP contribution in [0.4, 0.5) is 10.1 Å². The molecule has 0 radical (unpaired) electrons. The Bertz CT molecular complexity index is 1170. The van der Waals surface area contributed by atoms with E-state index in [2.05, 4.69) is 15.3 Å². The van der Waals surface area contributed by atoms with E-state index in [0.717, 1.165) is 11.4 Å². The van der Waals surface area contributed by atoms with Crippen molar-refractivity contribution in [3.8, 4) is 5.69 Å². The lowest BCUT2D eigenvalue weighted by Gasteiger charge is -2.16. The molecule has 0 aliphatic carbocycles. The highest BCUT2D eigenvalue weighted by Gasteiger charge is 2.14. The zero-order valence-electron chi connectivity index (χ0n) is 14.4. The maximum atomic E-state index is 13.6. The average molecular weight is 383 g/mol. The highest BCUT2D eigenvalue weighted by molar-refractivity contribution is 6.35. The number of imidazole rings is 1. The molecule has 0 unspecified atom stereocenters. The van der Waals surface area contributed by atoms with E-state index in [9.17, 15) is 9.18 Å². The molecule has 0 bridgehead atoms. The van der Waals surface area contributed by atoms with Crippen LogP contribution in [0.15, 0.2) is 66.0 Å². The fourth-order valence-electron chi connectivity index (χ4n) is 3.05. The molecular formula is C20H16ClFN4O. The lowest BCUT2D eigenvalue weighted by atomic mass is 10.1. The third-order valence-corrected chi connectivity index (χ3v) is 4.81. The van der Waals surface area contributed by atoms with Gasteiger partial charge in [-0.25, -0.2) is 9.37 Å². The second-order valence-electron chi connectivity index (χ2n) is 6.27. The molecule has 7 heteroatoms. The van der Waals surface area contributed by atoms with Gasteiger partial charge in [-0.2, -0.15) is 0 Å². The highest BCUT2D eigenvalue weighted by Crippen LogP contribution is 2.26. The first-order valence-electron chi connectivity index (χ1n) is 8.39. The summed E-state index contributed by atoms with van der Waals surface area (Å²) < 4.78 is 15.5. The van der Waals surface area contributed by atoms with Crippen LogP contribution < -0.4 is 10.9 Å². The molecule has 2 N–H and O–H groups in total. The molecule has 2 aromatic carbocycles. The van der Waals surface area contributed by atoms with Crippen molar-refractivity contribution in [3.63, 3.8) is 0 Å². The molecule has 4 rings (SSSR count). The van der Waals surface area contributed by atoms with Crippen molar-refractivity contribution in [2.45, 2.75) is 13.0 Å². The van der Waals surface area contributed by atoms with Crippen molar-refractivity contribution >= 4 is 28.2 Å². The van der Waals surface area contributed by atoms with Gasteiger partial charge in [-0.3, -0.25) is 4.79 Å². The van der Waals surface area contributed by atoms with Crippen molar-refractivity contribution in [2.75, 3.05) is 5.32 Å². The number of halogens is 2. The normalized spacial score (nSPS) is 12.3. The molecule has 4 aromatic rings. The van der Waals surface area contributed by atoms with Crippen molar-refractivity contribution in [1.29, 1.82) is 0 Å². The quantitative estimate of drug-likeness (QED) is 0.538. The van der Waals surface area contributed by atoms with Crippen molar-refractivity contribution < 1.29 is 4.39 Å². The second kappa shape index (κ2) is 6.89. The van der Waals surface area contributed by atoms with Crippen LogP contribution in [0.3, 0.4) is 0 Å². The van der Waals surface area contributed by atoms with Crippen molar-refractivity contribution in [3.05, 3.63) is 87.9 Å². The maximum Gasteiger partial charge on any atom is 0.253 e. The molecule has 0 amide bonds. The number of nitrogens with one attached hydrogen (secondary N) is 2. The standard InChI is InChI=1S/C20H16ClFN4O/c1-12(24-14-3-2-4-15(10-14)26-8-7-23-11-26)16-9-13-5-6-17(22)18(21)19(13)25-20(16)27/h2-12,24H,1H3,(H,25,27)/t12-/m0/s1. The van der Waals surface area contributed by atoms with Gasteiger partial charge in [-0.1, -0.05) is 17.7 Å². The van der Waals surface area contributed by atoms with Crippen LogP contribution in [-0.2, 0) is 0 Å². The minimum absolute atomic E-state index is 0.0789. The van der Waals surface area contributed by atoms with E-state index in [1.54, 1.807) is 24.7 Å². The summed E-state index contributed by atoms with van der Waals surface area (Å²) >= 11 is 5.96. The van der Waals surface area contributed by atoms with E-state index in [4.69, 9.17) is 11.6 Å². The van der Waals surface area contributed by atoms with Gasteiger partial charge in [0.1, 0.15) is 10.8 Å². The minimum Gasteiger partial charge on any atom is -0.378 e. The van der Waals surface area contributed by atoms with Gasteiger partial charge in [0, 0.05) is 34.7 Å². The number of hydrogen-bond donors (Lipinski definition) is 2. The van der Waals surface area contributed by atoms with Gasteiger partial charge < -0.3 is 14.9 Å². The van der Waals surface area contributed by atoms with E-state index in [1.165, 1.54) is 6.07 Å². The predicted octanol–water partition coefficient (Wildman–Crippen LogP) is 4.68. The third-order valence-electron chi connectivity index (χ3n) is 4.44. The summed E-state index contributed by atoms with van der Waals surface area (Å²) in [5, 5.41) is 3.93. The number of H-pyrrole nitrogens is 1.